The van der Waals surface area contributed by atoms with E-state index in [9.17, 15) is 0 Å². The molecule has 2 atom stereocenters. The molecule has 0 bridgehead atoms. The molecule has 2 nitrogen and oxygen atoms in total. The SMILES string of the molecule is CC1(C)OB(C2CC2[Si](C)(C)c2ccccc2)OC1(C)C. The lowest BCUT2D eigenvalue weighted by atomic mass is 9.82. The normalized spacial score (nSPS) is 30.5. The van der Waals surface area contributed by atoms with Crippen LogP contribution >= 0.6 is 0 Å². The standard InChI is InChI=1S/C17H27BO2Si/c1-16(2)17(3,4)20-18(19-16)14-12-15(14)21(5,6)13-10-8-7-9-11-13/h7-11,14-15H,12H2,1-6H3. The van der Waals surface area contributed by atoms with Gasteiger partial charge in [0.05, 0.1) is 19.3 Å². The van der Waals surface area contributed by atoms with Crippen LogP contribution < -0.4 is 5.19 Å². The summed E-state index contributed by atoms with van der Waals surface area (Å²) in [4.78, 5) is 0. The third-order valence-electron chi connectivity index (χ3n) is 5.91. The minimum atomic E-state index is -1.43. The topological polar surface area (TPSA) is 18.5 Å². The van der Waals surface area contributed by atoms with Gasteiger partial charge in [0, 0.05) is 0 Å². The summed E-state index contributed by atoms with van der Waals surface area (Å²) in [6.45, 7) is 13.5. The van der Waals surface area contributed by atoms with Crippen LogP contribution in [0.5, 0.6) is 0 Å². The molecule has 1 aromatic rings. The van der Waals surface area contributed by atoms with Crippen molar-refractivity contribution in [2.24, 2.45) is 0 Å². The van der Waals surface area contributed by atoms with Crippen LogP contribution in [0.15, 0.2) is 30.3 Å². The van der Waals surface area contributed by atoms with Crippen LogP contribution in [0.1, 0.15) is 34.1 Å². The Morgan fingerprint density at radius 1 is 1.00 bits per heavy atom. The zero-order valence-corrected chi connectivity index (χ0v) is 15.1. The summed E-state index contributed by atoms with van der Waals surface area (Å²) in [6, 6.07) is 11.0. The highest BCUT2D eigenvalue weighted by atomic mass is 28.3. The van der Waals surface area contributed by atoms with E-state index >= 15 is 0 Å². The summed E-state index contributed by atoms with van der Waals surface area (Å²) < 4.78 is 12.5. The summed E-state index contributed by atoms with van der Waals surface area (Å²) in [5.41, 5.74) is 0.363. The third kappa shape index (κ3) is 2.51. The van der Waals surface area contributed by atoms with Crippen molar-refractivity contribution in [3.8, 4) is 0 Å². The van der Waals surface area contributed by atoms with Gasteiger partial charge in [-0.3, -0.25) is 0 Å². The molecule has 0 spiro atoms. The van der Waals surface area contributed by atoms with E-state index in [4.69, 9.17) is 9.31 Å². The summed E-state index contributed by atoms with van der Waals surface area (Å²) in [7, 11) is -1.45. The monoisotopic (exact) mass is 302 g/mol. The van der Waals surface area contributed by atoms with Crippen LogP contribution in [0.2, 0.25) is 24.5 Å². The third-order valence-corrected chi connectivity index (χ3v) is 10.2. The van der Waals surface area contributed by atoms with Crippen molar-refractivity contribution >= 4 is 20.4 Å². The average Bonchev–Trinajstić information content (AvgIpc) is 3.15. The predicted octanol–water partition coefficient (Wildman–Crippen LogP) is 3.84. The van der Waals surface area contributed by atoms with Gasteiger partial charge in [-0.1, -0.05) is 55.0 Å². The van der Waals surface area contributed by atoms with Gasteiger partial charge in [-0.05, 0) is 39.1 Å². The van der Waals surface area contributed by atoms with E-state index in [0.29, 0.717) is 5.82 Å². The molecule has 1 saturated heterocycles. The molecule has 3 rings (SSSR count). The largest absolute Gasteiger partial charge is 0.461 e. The van der Waals surface area contributed by atoms with Gasteiger partial charge in [0.25, 0.3) is 0 Å². The van der Waals surface area contributed by atoms with Gasteiger partial charge in [0.15, 0.2) is 0 Å². The first-order valence-electron chi connectivity index (χ1n) is 8.06. The average molecular weight is 302 g/mol. The van der Waals surface area contributed by atoms with Crippen LogP contribution in [0.4, 0.5) is 0 Å². The second-order valence-electron chi connectivity index (χ2n) is 8.22. The van der Waals surface area contributed by atoms with Crippen LogP contribution in [0.25, 0.3) is 0 Å². The Hall–Kier alpha value is -0.578. The lowest BCUT2D eigenvalue weighted by Gasteiger charge is -2.32. The lowest BCUT2D eigenvalue weighted by Crippen LogP contribution is -2.42. The van der Waals surface area contributed by atoms with Gasteiger partial charge in [0.2, 0.25) is 0 Å². The Morgan fingerprint density at radius 3 is 2.05 bits per heavy atom. The van der Waals surface area contributed by atoms with Crippen LogP contribution in [0.3, 0.4) is 0 Å². The van der Waals surface area contributed by atoms with Gasteiger partial charge in [-0.2, -0.15) is 0 Å². The fraction of sp³-hybridized carbons (Fsp3) is 0.647. The van der Waals surface area contributed by atoms with Crippen LogP contribution in [-0.2, 0) is 9.31 Å². The second-order valence-corrected chi connectivity index (χ2v) is 13.0. The smallest absolute Gasteiger partial charge is 0.403 e. The maximum atomic E-state index is 6.25. The summed E-state index contributed by atoms with van der Waals surface area (Å²) in [6.07, 6.45) is 1.25. The van der Waals surface area contributed by atoms with E-state index in [1.54, 1.807) is 5.19 Å². The Bertz CT molecular complexity index is 511. The minimum absolute atomic E-state index is 0.0181. The first-order valence-corrected chi connectivity index (χ1v) is 11.1. The Morgan fingerprint density at radius 2 is 1.52 bits per heavy atom. The van der Waals surface area contributed by atoms with Crippen molar-refractivity contribution in [2.45, 2.75) is 69.8 Å². The fourth-order valence-electron chi connectivity index (χ4n) is 3.49. The van der Waals surface area contributed by atoms with Crippen molar-refractivity contribution in [3.63, 3.8) is 0 Å². The molecule has 1 aliphatic carbocycles. The van der Waals surface area contributed by atoms with Crippen LogP contribution in [0, 0.1) is 0 Å². The molecule has 0 amide bonds. The Balaban J connectivity index is 1.73. The van der Waals surface area contributed by atoms with Crippen LogP contribution in [-0.4, -0.2) is 26.4 Å². The van der Waals surface area contributed by atoms with Crippen molar-refractivity contribution in [1.82, 2.24) is 0 Å². The van der Waals surface area contributed by atoms with E-state index in [1.165, 1.54) is 6.42 Å². The van der Waals surface area contributed by atoms with E-state index in [1.807, 2.05) is 0 Å². The maximum Gasteiger partial charge on any atom is 0.461 e. The first kappa shape index (κ1) is 15.3. The highest BCUT2D eigenvalue weighted by molar-refractivity contribution is 6.92. The molecule has 1 aromatic carbocycles. The molecule has 1 aliphatic heterocycles. The molecule has 21 heavy (non-hydrogen) atoms. The molecule has 114 valence electrons. The van der Waals surface area contributed by atoms with Crippen molar-refractivity contribution in [2.75, 3.05) is 0 Å². The maximum absolute atomic E-state index is 6.25. The van der Waals surface area contributed by atoms with Gasteiger partial charge >= 0.3 is 7.12 Å². The minimum Gasteiger partial charge on any atom is -0.403 e. The number of rotatable bonds is 3. The van der Waals surface area contributed by atoms with E-state index in [2.05, 4.69) is 71.1 Å². The quantitative estimate of drug-likeness (QED) is 0.790. The molecular weight excluding hydrogens is 275 g/mol. The zero-order valence-electron chi connectivity index (χ0n) is 14.1. The molecule has 2 aliphatic rings. The van der Waals surface area contributed by atoms with Crippen molar-refractivity contribution in [1.29, 1.82) is 0 Å². The van der Waals surface area contributed by atoms with Gasteiger partial charge < -0.3 is 9.31 Å². The highest BCUT2D eigenvalue weighted by Crippen LogP contribution is 2.61. The molecule has 0 N–H and O–H groups in total. The van der Waals surface area contributed by atoms with Gasteiger partial charge in [-0.25, -0.2) is 0 Å². The molecule has 1 saturated carbocycles. The van der Waals surface area contributed by atoms with Crippen molar-refractivity contribution in [3.05, 3.63) is 30.3 Å². The summed E-state index contributed by atoms with van der Waals surface area (Å²) >= 11 is 0. The highest BCUT2D eigenvalue weighted by Gasteiger charge is 2.62. The van der Waals surface area contributed by atoms with Crippen molar-refractivity contribution < 1.29 is 9.31 Å². The zero-order chi connectivity index (χ0) is 15.5. The molecule has 4 heteroatoms. The molecule has 2 fully saturated rings. The molecule has 2 unspecified atom stereocenters. The van der Waals surface area contributed by atoms with E-state index in [-0.39, 0.29) is 18.3 Å². The second kappa shape index (κ2) is 4.71. The van der Waals surface area contributed by atoms with E-state index < -0.39 is 8.07 Å². The van der Waals surface area contributed by atoms with Gasteiger partial charge in [-0.15, -0.1) is 0 Å². The number of hydrogen-bond acceptors (Lipinski definition) is 2. The summed E-state index contributed by atoms with van der Waals surface area (Å²) in [5.74, 6) is 0.577. The Kier molecular flexibility index (Phi) is 3.43. The fourth-order valence-corrected chi connectivity index (χ4v) is 7.06. The summed E-state index contributed by atoms with van der Waals surface area (Å²) in [5, 5.41) is 1.55. The lowest BCUT2D eigenvalue weighted by molar-refractivity contribution is 0.00578. The molecular formula is C17H27BO2Si. The molecule has 0 aromatic heterocycles. The molecule has 1 heterocycles. The molecule has 0 radical (unpaired) electrons. The first-order chi connectivity index (χ1) is 9.65. The Labute approximate surface area is 130 Å². The predicted molar refractivity (Wildman–Crippen MR) is 91.8 cm³/mol. The van der Waals surface area contributed by atoms with E-state index in [0.717, 1.165) is 5.54 Å². The van der Waals surface area contributed by atoms with Gasteiger partial charge in [0.1, 0.15) is 0 Å². The number of hydrogen-bond donors (Lipinski definition) is 0. The number of benzene rings is 1.